The van der Waals surface area contributed by atoms with Crippen LogP contribution < -0.4 is 10.6 Å². The Morgan fingerprint density at radius 3 is 2.89 bits per heavy atom. The summed E-state index contributed by atoms with van der Waals surface area (Å²) >= 11 is 0. The molecule has 5 heteroatoms. The molecular formula is C14H19FN2O2. The first-order valence-electron chi connectivity index (χ1n) is 6.64. The van der Waals surface area contributed by atoms with Gasteiger partial charge in [0, 0.05) is 5.69 Å². The highest BCUT2D eigenvalue weighted by Gasteiger charge is 2.13. The van der Waals surface area contributed by atoms with Gasteiger partial charge >= 0.3 is 6.09 Å². The largest absolute Gasteiger partial charge is 0.449 e. The zero-order valence-corrected chi connectivity index (χ0v) is 10.8. The molecule has 0 radical (unpaired) electrons. The maximum atomic E-state index is 12.7. The molecule has 1 unspecified atom stereocenters. The highest BCUT2D eigenvalue weighted by molar-refractivity contribution is 5.84. The van der Waals surface area contributed by atoms with Gasteiger partial charge in [-0.25, -0.2) is 9.18 Å². The number of carbonyl (C=O) groups is 1. The summed E-state index contributed by atoms with van der Waals surface area (Å²) in [7, 11) is 0. The van der Waals surface area contributed by atoms with E-state index in [2.05, 4.69) is 10.6 Å². The Bertz CT molecular complexity index is 402. The van der Waals surface area contributed by atoms with Crippen molar-refractivity contribution in [2.45, 2.75) is 19.3 Å². The average molecular weight is 266 g/mol. The van der Waals surface area contributed by atoms with Crippen LogP contribution >= 0.6 is 0 Å². The van der Waals surface area contributed by atoms with Crippen molar-refractivity contribution in [2.75, 3.05) is 25.0 Å². The first-order chi connectivity index (χ1) is 9.24. The molecule has 2 N–H and O–H groups in total. The van der Waals surface area contributed by atoms with E-state index < -0.39 is 6.09 Å². The van der Waals surface area contributed by atoms with Crippen molar-refractivity contribution in [3.8, 4) is 0 Å². The summed E-state index contributed by atoms with van der Waals surface area (Å²) in [6.07, 6.45) is 2.77. The van der Waals surface area contributed by atoms with Crippen molar-refractivity contribution < 1.29 is 13.9 Å². The van der Waals surface area contributed by atoms with Gasteiger partial charge in [-0.1, -0.05) is 0 Å². The van der Waals surface area contributed by atoms with E-state index in [1.54, 1.807) is 0 Å². The van der Waals surface area contributed by atoms with E-state index in [-0.39, 0.29) is 5.82 Å². The van der Waals surface area contributed by atoms with Crippen molar-refractivity contribution >= 4 is 11.8 Å². The second-order valence-corrected chi connectivity index (χ2v) is 4.77. The van der Waals surface area contributed by atoms with Crippen LogP contribution in [0.2, 0.25) is 0 Å². The lowest BCUT2D eigenvalue weighted by Crippen LogP contribution is -2.30. The molecule has 1 atom stereocenters. The average Bonchev–Trinajstić information content (AvgIpc) is 2.43. The van der Waals surface area contributed by atoms with Crippen LogP contribution in [-0.2, 0) is 4.74 Å². The number of ether oxygens (including phenoxy) is 1. The van der Waals surface area contributed by atoms with Crippen LogP contribution in [0.5, 0.6) is 0 Å². The maximum absolute atomic E-state index is 12.7. The van der Waals surface area contributed by atoms with Gasteiger partial charge < -0.3 is 10.1 Å². The van der Waals surface area contributed by atoms with Crippen molar-refractivity contribution in [2.24, 2.45) is 5.92 Å². The number of piperidine rings is 1. The molecule has 2 rings (SSSR count). The minimum Gasteiger partial charge on any atom is -0.449 e. The molecule has 1 aromatic carbocycles. The molecule has 1 amide bonds. The highest BCUT2D eigenvalue weighted by atomic mass is 19.1. The van der Waals surface area contributed by atoms with Crippen LogP contribution in [0.25, 0.3) is 0 Å². The summed E-state index contributed by atoms with van der Waals surface area (Å²) in [4.78, 5) is 11.5. The second-order valence-electron chi connectivity index (χ2n) is 4.77. The Labute approximate surface area is 112 Å². The molecule has 1 aliphatic rings. The molecular weight excluding hydrogens is 247 g/mol. The summed E-state index contributed by atoms with van der Waals surface area (Å²) in [6, 6.07) is 5.59. The van der Waals surface area contributed by atoms with Gasteiger partial charge in [-0.3, -0.25) is 5.32 Å². The Morgan fingerprint density at radius 2 is 2.21 bits per heavy atom. The standard InChI is InChI=1S/C14H19FN2O2/c15-12-3-5-13(6-4-12)17-14(18)19-9-7-11-2-1-8-16-10-11/h3-6,11,16H,1-2,7-10H2,(H,17,18). The van der Waals surface area contributed by atoms with Gasteiger partial charge in [0.15, 0.2) is 0 Å². The second kappa shape index (κ2) is 7.09. The lowest BCUT2D eigenvalue weighted by Gasteiger charge is -2.22. The van der Waals surface area contributed by atoms with Crippen LogP contribution in [0.3, 0.4) is 0 Å². The molecule has 19 heavy (non-hydrogen) atoms. The van der Waals surface area contributed by atoms with E-state index >= 15 is 0 Å². The first kappa shape index (κ1) is 13.8. The molecule has 0 saturated carbocycles. The van der Waals surface area contributed by atoms with Crippen molar-refractivity contribution in [1.29, 1.82) is 0 Å². The van der Waals surface area contributed by atoms with Crippen LogP contribution in [0.1, 0.15) is 19.3 Å². The Hall–Kier alpha value is -1.62. The predicted molar refractivity (Wildman–Crippen MR) is 71.6 cm³/mol. The SMILES string of the molecule is O=C(Nc1ccc(F)cc1)OCCC1CCCNC1. The monoisotopic (exact) mass is 266 g/mol. The molecule has 104 valence electrons. The number of benzene rings is 1. The number of hydrogen-bond acceptors (Lipinski definition) is 3. The zero-order chi connectivity index (χ0) is 13.5. The molecule has 1 saturated heterocycles. The van der Waals surface area contributed by atoms with E-state index in [4.69, 9.17) is 4.74 Å². The van der Waals surface area contributed by atoms with Crippen LogP contribution in [0.4, 0.5) is 14.9 Å². The van der Waals surface area contributed by atoms with Gasteiger partial charge in [0.1, 0.15) is 5.82 Å². The van der Waals surface area contributed by atoms with E-state index in [0.717, 1.165) is 19.5 Å². The van der Waals surface area contributed by atoms with Crippen LogP contribution in [0, 0.1) is 11.7 Å². The Balaban J connectivity index is 1.65. The third-order valence-corrected chi connectivity index (χ3v) is 3.25. The number of amides is 1. The third-order valence-electron chi connectivity index (χ3n) is 3.25. The van der Waals surface area contributed by atoms with Gasteiger partial charge in [-0.2, -0.15) is 0 Å². The fourth-order valence-corrected chi connectivity index (χ4v) is 2.18. The summed E-state index contributed by atoms with van der Waals surface area (Å²) < 4.78 is 17.8. The fraction of sp³-hybridized carbons (Fsp3) is 0.500. The third kappa shape index (κ3) is 4.87. The van der Waals surface area contributed by atoms with Gasteiger partial charge in [0.05, 0.1) is 6.61 Å². The Morgan fingerprint density at radius 1 is 1.42 bits per heavy atom. The van der Waals surface area contributed by atoms with Gasteiger partial charge in [-0.15, -0.1) is 0 Å². The highest BCUT2D eigenvalue weighted by Crippen LogP contribution is 2.14. The number of anilines is 1. The molecule has 1 aromatic rings. The minimum absolute atomic E-state index is 0.330. The van der Waals surface area contributed by atoms with E-state index in [1.165, 1.54) is 37.1 Å². The number of carbonyl (C=O) groups excluding carboxylic acids is 1. The van der Waals surface area contributed by atoms with Crippen molar-refractivity contribution in [3.63, 3.8) is 0 Å². The number of nitrogens with one attached hydrogen (secondary N) is 2. The quantitative estimate of drug-likeness (QED) is 0.881. The Kier molecular flexibility index (Phi) is 5.15. The molecule has 1 aliphatic heterocycles. The molecule has 1 fully saturated rings. The summed E-state index contributed by atoms with van der Waals surface area (Å²) in [5.41, 5.74) is 0.533. The number of halogens is 1. The lowest BCUT2D eigenvalue weighted by atomic mass is 9.97. The normalized spacial score (nSPS) is 18.9. The lowest BCUT2D eigenvalue weighted by molar-refractivity contribution is 0.150. The van der Waals surface area contributed by atoms with E-state index in [1.807, 2.05) is 0 Å². The smallest absolute Gasteiger partial charge is 0.411 e. The zero-order valence-electron chi connectivity index (χ0n) is 10.8. The molecule has 1 heterocycles. The summed E-state index contributed by atoms with van der Waals surface area (Å²) in [6.45, 7) is 2.50. The molecule has 0 aromatic heterocycles. The number of hydrogen-bond donors (Lipinski definition) is 2. The fourth-order valence-electron chi connectivity index (χ4n) is 2.18. The molecule has 0 spiro atoms. The van der Waals surface area contributed by atoms with Crippen molar-refractivity contribution in [1.82, 2.24) is 5.32 Å². The van der Waals surface area contributed by atoms with Crippen molar-refractivity contribution in [3.05, 3.63) is 30.1 Å². The van der Waals surface area contributed by atoms with Gasteiger partial charge in [-0.05, 0) is 62.5 Å². The van der Waals surface area contributed by atoms with Gasteiger partial charge in [0.2, 0.25) is 0 Å². The predicted octanol–water partition coefficient (Wildman–Crippen LogP) is 2.76. The number of rotatable bonds is 4. The summed E-state index contributed by atoms with van der Waals surface area (Å²) in [5.74, 6) is 0.260. The van der Waals surface area contributed by atoms with Crippen LogP contribution in [0.15, 0.2) is 24.3 Å². The first-order valence-corrected chi connectivity index (χ1v) is 6.64. The summed E-state index contributed by atoms with van der Waals surface area (Å²) in [5, 5.41) is 5.89. The maximum Gasteiger partial charge on any atom is 0.411 e. The van der Waals surface area contributed by atoms with Crippen LogP contribution in [-0.4, -0.2) is 25.8 Å². The molecule has 0 bridgehead atoms. The molecule has 0 aliphatic carbocycles. The van der Waals surface area contributed by atoms with E-state index in [9.17, 15) is 9.18 Å². The van der Waals surface area contributed by atoms with Gasteiger partial charge in [0.25, 0.3) is 0 Å². The topological polar surface area (TPSA) is 50.4 Å². The van der Waals surface area contributed by atoms with E-state index in [0.29, 0.717) is 18.2 Å². The molecule has 4 nitrogen and oxygen atoms in total. The minimum atomic E-state index is -0.490.